The molecule has 2 atom stereocenters. The van der Waals surface area contributed by atoms with Gasteiger partial charge in [-0.05, 0) is 38.9 Å². The number of rotatable bonds is 7. The van der Waals surface area contributed by atoms with Crippen LogP contribution in [-0.2, 0) is 6.54 Å². The normalized spacial score (nSPS) is 21.5. The zero-order valence-corrected chi connectivity index (χ0v) is 14.5. The third-order valence-electron chi connectivity index (χ3n) is 4.36. The van der Waals surface area contributed by atoms with Crippen LogP contribution in [0.4, 0.5) is 4.79 Å². The van der Waals surface area contributed by atoms with Crippen LogP contribution in [0.5, 0.6) is 0 Å². The molecule has 0 saturated heterocycles. The molecule has 1 heterocycles. The fraction of sp³-hybridized carbons (Fsp3) is 0.750. The van der Waals surface area contributed by atoms with E-state index in [1.807, 2.05) is 31.1 Å². The molecule has 2 rings (SSSR count). The predicted molar refractivity (Wildman–Crippen MR) is 92.3 cm³/mol. The second-order valence-corrected chi connectivity index (χ2v) is 7.02. The van der Waals surface area contributed by atoms with E-state index in [4.69, 9.17) is 0 Å². The van der Waals surface area contributed by atoms with Crippen molar-refractivity contribution in [2.24, 2.45) is 0 Å². The summed E-state index contributed by atoms with van der Waals surface area (Å²) in [7, 11) is 0. The van der Waals surface area contributed by atoms with Gasteiger partial charge in [-0.25, -0.2) is 9.78 Å². The fourth-order valence-corrected chi connectivity index (χ4v) is 3.95. The molecule has 0 spiro atoms. The van der Waals surface area contributed by atoms with Gasteiger partial charge in [0.05, 0.1) is 0 Å². The Morgan fingerprint density at radius 2 is 2.23 bits per heavy atom. The number of imidazole rings is 1. The summed E-state index contributed by atoms with van der Waals surface area (Å²) in [4.78, 5) is 16.2. The van der Waals surface area contributed by atoms with Crippen LogP contribution >= 0.6 is 11.8 Å². The molecule has 1 aliphatic carbocycles. The summed E-state index contributed by atoms with van der Waals surface area (Å²) in [6, 6.07) is 0.321. The number of carbonyl (C=O) groups excluding carboxylic acids is 1. The maximum atomic E-state index is 12.0. The molecule has 1 aliphatic rings. The zero-order chi connectivity index (χ0) is 15.8. The number of aromatic nitrogens is 2. The molecule has 0 aromatic carbocycles. The van der Waals surface area contributed by atoms with Crippen LogP contribution < -0.4 is 10.6 Å². The number of thioether (sulfide) groups is 1. The molecule has 5 nitrogen and oxygen atoms in total. The van der Waals surface area contributed by atoms with E-state index in [0.29, 0.717) is 11.3 Å². The molecule has 1 fully saturated rings. The summed E-state index contributed by atoms with van der Waals surface area (Å²) < 4.78 is 2.14. The van der Waals surface area contributed by atoms with E-state index in [2.05, 4.69) is 26.4 Å². The zero-order valence-electron chi connectivity index (χ0n) is 13.7. The minimum absolute atomic E-state index is 0.00948. The second kappa shape index (κ2) is 9.08. The van der Waals surface area contributed by atoms with Gasteiger partial charge in [-0.1, -0.05) is 12.8 Å². The van der Waals surface area contributed by atoms with E-state index in [1.54, 1.807) is 0 Å². The van der Waals surface area contributed by atoms with Crippen molar-refractivity contribution >= 4 is 17.8 Å². The Morgan fingerprint density at radius 1 is 1.41 bits per heavy atom. The third-order valence-corrected chi connectivity index (χ3v) is 5.53. The first-order valence-electron chi connectivity index (χ1n) is 8.25. The fourth-order valence-electron chi connectivity index (χ4n) is 3.01. The summed E-state index contributed by atoms with van der Waals surface area (Å²) >= 11 is 1.88. The minimum atomic E-state index is -0.00948. The molecule has 0 radical (unpaired) electrons. The maximum Gasteiger partial charge on any atom is 0.315 e. The highest BCUT2D eigenvalue weighted by Gasteiger charge is 2.25. The van der Waals surface area contributed by atoms with Gasteiger partial charge in [0.1, 0.15) is 5.82 Å². The number of carbonyl (C=O) groups is 1. The lowest BCUT2D eigenvalue weighted by Gasteiger charge is -2.30. The van der Waals surface area contributed by atoms with Crippen molar-refractivity contribution in [3.8, 4) is 0 Å². The molecule has 6 heteroatoms. The predicted octanol–water partition coefficient (Wildman–Crippen LogP) is 2.95. The van der Waals surface area contributed by atoms with Gasteiger partial charge in [0.2, 0.25) is 0 Å². The molecule has 2 N–H and O–H groups in total. The van der Waals surface area contributed by atoms with Gasteiger partial charge in [-0.2, -0.15) is 11.8 Å². The Bertz CT molecular complexity index is 463. The Balaban J connectivity index is 1.58. The lowest BCUT2D eigenvalue weighted by Crippen LogP contribution is -2.48. The van der Waals surface area contributed by atoms with Gasteiger partial charge in [0.25, 0.3) is 0 Å². The highest BCUT2D eigenvalue weighted by Crippen LogP contribution is 2.26. The Kier molecular flexibility index (Phi) is 7.09. The molecule has 22 heavy (non-hydrogen) atoms. The molecule has 124 valence electrons. The minimum Gasteiger partial charge on any atom is -0.338 e. The molecule has 1 aromatic heterocycles. The first-order valence-corrected chi connectivity index (χ1v) is 9.54. The third kappa shape index (κ3) is 5.23. The van der Waals surface area contributed by atoms with Crippen molar-refractivity contribution in [2.45, 2.75) is 63.3 Å². The molecule has 1 saturated carbocycles. The van der Waals surface area contributed by atoms with E-state index < -0.39 is 0 Å². The molecular weight excluding hydrogens is 296 g/mol. The highest BCUT2D eigenvalue weighted by molar-refractivity contribution is 7.99. The van der Waals surface area contributed by atoms with Gasteiger partial charge in [-0.15, -0.1) is 0 Å². The largest absolute Gasteiger partial charge is 0.338 e. The Hall–Kier alpha value is -1.17. The number of hydrogen-bond donors (Lipinski definition) is 2. The summed E-state index contributed by atoms with van der Waals surface area (Å²) in [6.45, 7) is 3.71. The number of nitrogens with zero attached hydrogens (tertiary/aromatic N) is 2. The van der Waals surface area contributed by atoms with Crippen LogP contribution in [0.15, 0.2) is 12.4 Å². The van der Waals surface area contributed by atoms with Crippen LogP contribution in [-0.4, -0.2) is 39.7 Å². The summed E-state index contributed by atoms with van der Waals surface area (Å²) in [5, 5.41) is 6.71. The topological polar surface area (TPSA) is 59.0 Å². The van der Waals surface area contributed by atoms with Crippen molar-refractivity contribution in [2.75, 3.05) is 12.8 Å². The molecule has 0 bridgehead atoms. The summed E-state index contributed by atoms with van der Waals surface area (Å²) in [5.41, 5.74) is 0. The number of nitrogens with one attached hydrogen (secondary N) is 2. The van der Waals surface area contributed by atoms with Gasteiger partial charge in [0, 0.05) is 36.8 Å². The van der Waals surface area contributed by atoms with Gasteiger partial charge in [-0.3, -0.25) is 0 Å². The molecule has 0 unspecified atom stereocenters. The Morgan fingerprint density at radius 3 is 2.95 bits per heavy atom. The van der Waals surface area contributed by atoms with E-state index in [9.17, 15) is 4.79 Å². The lowest BCUT2D eigenvalue weighted by molar-refractivity contribution is 0.233. The van der Waals surface area contributed by atoms with Crippen LogP contribution in [0.25, 0.3) is 0 Å². The number of urea groups is 1. The van der Waals surface area contributed by atoms with E-state index in [0.717, 1.165) is 38.2 Å². The van der Waals surface area contributed by atoms with E-state index in [-0.39, 0.29) is 6.03 Å². The highest BCUT2D eigenvalue weighted by atomic mass is 32.2. The van der Waals surface area contributed by atoms with E-state index >= 15 is 0 Å². The lowest BCUT2D eigenvalue weighted by atomic mass is 9.95. The molecule has 0 aliphatic heterocycles. The van der Waals surface area contributed by atoms with Crippen molar-refractivity contribution in [1.29, 1.82) is 0 Å². The smallest absolute Gasteiger partial charge is 0.315 e. The van der Waals surface area contributed by atoms with Gasteiger partial charge in [0.15, 0.2) is 0 Å². The van der Waals surface area contributed by atoms with Crippen LogP contribution in [0.1, 0.15) is 44.3 Å². The van der Waals surface area contributed by atoms with Crippen LogP contribution in [0.3, 0.4) is 0 Å². The second-order valence-electron chi connectivity index (χ2n) is 5.94. The van der Waals surface area contributed by atoms with Gasteiger partial charge < -0.3 is 15.2 Å². The van der Waals surface area contributed by atoms with Crippen LogP contribution in [0, 0.1) is 6.92 Å². The summed E-state index contributed by atoms with van der Waals surface area (Å²) in [6.07, 6.45) is 12.9. The standard InChI is InChI=1S/C16H28N4OS/c1-13-17-10-12-20(13)11-6-5-9-18-16(21)19-14-7-3-4-8-15(14)22-2/h10,12,14-15H,3-9,11H2,1-2H3,(H2,18,19,21)/t14-,15-/m1/s1. The van der Waals surface area contributed by atoms with Crippen molar-refractivity contribution < 1.29 is 4.79 Å². The number of aryl methyl sites for hydroxylation is 2. The maximum absolute atomic E-state index is 12.0. The number of unbranched alkanes of at least 4 members (excludes halogenated alkanes) is 1. The quantitative estimate of drug-likeness (QED) is 0.758. The average molecular weight is 324 g/mol. The first kappa shape index (κ1) is 17.2. The first-order chi connectivity index (χ1) is 10.7. The van der Waals surface area contributed by atoms with Gasteiger partial charge >= 0.3 is 6.03 Å². The molecule has 1 aromatic rings. The average Bonchev–Trinajstić information content (AvgIpc) is 2.93. The summed E-state index contributed by atoms with van der Waals surface area (Å²) in [5.74, 6) is 1.05. The van der Waals surface area contributed by atoms with Crippen molar-refractivity contribution in [3.63, 3.8) is 0 Å². The SMILES string of the molecule is CS[C@@H]1CCCC[C@H]1NC(=O)NCCCCn1ccnc1C. The van der Waals surface area contributed by atoms with E-state index in [1.165, 1.54) is 19.3 Å². The number of amides is 2. The molecular formula is C16H28N4OS. The van der Waals surface area contributed by atoms with Crippen LogP contribution in [0.2, 0.25) is 0 Å². The number of hydrogen-bond acceptors (Lipinski definition) is 3. The molecule has 2 amide bonds. The van der Waals surface area contributed by atoms with Crippen molar-refractivity contribution in [1.82, 2.24) is 20.2 Å². The monoisotopic (exact) mass is 324 g/mol. The Labute approximate surface area is 137 Å². The van der Waals surface area contributed by atoms with Crippen molar-refractivity contribution in [3.05, 3.63) is 18.2 Å².